The molecule has 0 bridgehead atoms. The second-order valence-corrected chi connectivity index (χ2v) is 3.84. The number of phenols is 1. The van der Waals surface area contributed by atoms with E-state index in [1.54, 1.807) is 0 Å². The van der Waals surface area contributed by atoms with Crippen LogP contribution in [0.3, 0.4) is 0 Å². The Morgan fingerprint density at radius 3 is 2.38 bits per heavy atom. The molecule has 0 saturated heterocycles. The van der Waals surface area contributed by atoms with Crippen LogP contribution in [-0.2, 0) is 13.9 Å². The molecular weight excluding hydrogens is 227 g/mol. The topological polar surface area (TPSA) is 63.6 Å². The number of halogens is 1. The third-order valence-electron chi connectivity index (χ3n) is 1.22. The molecule has 0 spiro atoms. The molecular formula is C6H6ClNaO4S. The Morgan fingerprint density at radius 1 is 1.38 bits per heavy atom. The minimum atomic E-state index is -4.01. The Labute approximate surface area is 105 Å². The second-order valence-electron chi connectivity index (χ2n) is 1.98. The van der Waals surface area contributed by atoms with E-state index in [1.165, 1.54) is 24.3 Å². The van der Waals surface area contributed by atoms with E-state index in [4.69, 9.17) is 17.0 Å². The summed E-state index contributed by atoms with van der Waals surface area (Å²) in [6.45, 7) is 0. The Bertz CT molecular complexity index is 383. The zero-order valence-electron chi connectivity index (χ0n) is 7.77. The zero-order valence-corrected chi connectivity index (χ0v) is 10.3. The number of benzene rings is 1. The van der Waals surface area contributed by atoms with Gasteiger partial charge in [-0.05, 0) is 12.1 Å². The van der Waals surface area contributed by atoms with E-state index in [0.29, 0.717) is 0 Å². The summed E-state index contributed by atoms with van der Waals surface area (Å²) in [6, 6.07) is 5.35. The van der Waals surface area contributed by atoms with Gasteiger partial charge in [0, 0.05) is 0 Å². The average molecular weight is 233 g/mol. The van der Waals surface area contributed by atoms with E-state index in [0.717, 1.165) is 0 Å². The first-order valence-corrected chi connectivity index (χ1v) is 4.63. The van der Waals surface area contributed by atoms with Gasteiger partial charge in [0.2, 0.25) is 0 Å². The van der Waals surface area contributed by atoms with E-state index >= 15 is 0 Å². The fraction of sp³-hybridized carbons (Fsp3) is 0. The van der Waals surface area contributed by atoms with Crippen LogP contribution in [0, 0.1) is 0 Å². The van der Waals surface area contributed by atoms with Gasteiger partial charge in [0.1, 0.15) is 10.6 Å². The van der Waals surface area contributed by atoms with E-state index in [1.807, 2.05) is 0 Å². The molecule has 0 amide bonds. The van der Waals surface area contributed by atoms with Crippen molar-refractivity contribution in [2.75, 3.05) is 0 Å². The Morgan fingerprint density at radius 2 is 1.92 bits per heavy atom. The number of para-hydroxylation sites is 1. The van der Waals surface area contributed by atoms with Gasteiger partial charge in [-0.2, -0.15) is 12.2 Å². The van der Waals surface area contributed by atoms with Crippen LogP contribution in [0.5, 0.6) is 5.75 Å². The number of aromatic hydroxyl groups is 1. The van der Waals surface area contributed by atoms with Gasteiger partial charge in [-0.25, -0.2) is 0 Å². The fourth-order valence-corrected chi connectivity index (χ4v) is 1.54. The predicted octanol–water partition coefficient (Wildman–Crippen LogP) is -1.63. The predicted molar refractivity (Wildman–Crippen MR) is 43.3 cm³/mol. The van der Waals surface area contributed by atoms with E-state index in [2.05, 4.69) is 3.74 Å². The van der Waals surface area contributed by atoms with Crippen LogP contribution in [0.2, 0.25) is 0 Å². The summed E-state index contributed by atoms with van der Waals surface area (Å²) in [5.74, 6) is -0.391. The van der Waals surface area contributed by atoms with E-state index in [9.17, 15) is 8.42 Å². The molecule has 1 rings (SSSR count). The van der Waals surface area contributed by atoms with Crippen LogP contribution in [0.25, 0.3) is 0 Å². The van der Waals surface area contributed by atoms with E-state index < -0.39 is 15.9 Å². The molecule has 0 unspecified atom stereocenters. The summed E-state index contributed by atoms with van der Waals surface area (Å²) < 4.78 is 25.5. The first-order chi connectivity index (χ1) is 5.58. The van der Waals surface area contributed by atoms with Crippen LogP contribution in [-0.4, -0.2) is 13.5 Å². The summed E-state index contributed by atoms with van der Waals surface area (Å²) in [7, 11) is -4.01. The molecule has 0 radical (unpaired) electrons. The van der Waals surface area contributed by atoms with Gasteiger partial charge >= 0.3 is 39.7 Å². The van der Waals surface area contributed by atoms with Crippen LogP contribution in [0.4, 0.5) is 0 Å². The molecule has 0 aromatic heterocycles. The van der Waals surface area contributed by atoms with Gasteiger partial charge in [0.05, 0.1) is 11.9 Å². The number of hydrogen-bond donors (Lipinski definition) is 1. The molecule has 7 heteroatoms. The van der Waals surface area contributed by atoms with Crippen molar-refractivity contribution in [3.63, 3.8) is 0 Å². The normalized spacial score (nSPS) is 10.5. The van der Waals surface area contributed by atoms with Crippen molar-refractivity contribution >= 4 is 22.0 Å². The summed E-state index contributed by atoms with van der Waals surface area (Å²) in [5, 5.41) is 9.06. The molecule has 0 aliphatic carbocycles. The maximum atomic E-state index is 10.9. The minimum Gasteiger partial charge on any atom is -1.00 e. The quantitative estimate of drug-likeness (QED) is 0.622. The van der Waals surface area contributed by atoms with Crippen LogP contribution in [0.1, 0.15) is 1.43 Å². The third kappa shape index (κ3) is 3.12. The second kappa shape index (κ2) is 5.19. The molecule has 0 atom stereocenters. The van der Waals surface area contributed by atoms with Crippen LogP contribution in [0.15, 0.2) is 29.2 Å². The zero-order chi connectivity index (χ0) is 9.19. The molecule has 0 aliphatic rings. The molecule has 4 nitrogen and oxygen atoms in total. The van der Waals surface area contributed by atoms with Crippen molar-refractivity contribution in [2.45, 2.75) is 4.90 Å². The maximum absolute atomic E-state index is 10.9. The van der Waals surface area contributed by atoms with Crippen molar-refractivity contribution in [3.8, 4) is 5.75 Å². The Kier molecular flexibility index (Phi) is 5.28. The first kappa shape index (κ1) is 13.2. The molecule has 1 aromatic carbocycles. The van der Waals surface area contributed by atoms with E-state index in [-0.39, 0.29) is 35.9 Å². The van der Waals surface area contributed by atoms with Crippen molar-refractivity contribution in [2.24, 2.45) is 0 Å². The maximum Gasteiger partial charge on any atom is 1.00 e. The molecule has 0 fully saturated rings. The number of phenolic OH excluding ortho intramolecular Hbond substituents is 1. The van der Waals surface area contributed by atoms with Gasteiger partial charge in [-0.3, -0.25) is 0 Å². The van der Waals surface area contributed by atoms with Crippen molar-refractivity contribution in [3.05, 3.63) is 24.3 Å². The third-order valence-corrected chi connectivity index (χ3v) is 2.76. The Hall–Kier alpha value is 0.220. The van der Waals surface area contributed by atoms with Crippen molar-refractivity contribution < 1.29 is 48.2 Å². The standard InChI is InChI=1S/C6H5ClO4S.Na.H/c7-11-12(9,10)6-4-2-1-3-5(6)8;;/h1-4,8H;;/q;+1;-1. The van der Waals surface area contributed by atoms with Gasteiger partial charge in [-0.15, -0.1) is 0 Å². The van der Waals surface area contributed by atoms with Gasteiger partial charge in [0.15, 0.2) is 0 Å². The molecule has 68 valence electrons. The molecule has 1 aromatic rings. The summed E-state index contributed by atoms with van der Waals surface area (Å²) in [6.07, 6.45) is 0. The smallest absolute Gasteiger partial charge is 1.00 e. The molecule has 13 heavy (non-hydrogen) atoms. The van der Waals surface area contributed by atoms with Gasteiger partial charge in [0.25, 0.3) is 0 Å². The molecule has 0 heterocycles. The van der Waals surface area contributed by atoms with Gasteiger partial charge in [-0.1, -0.05) is 12.1 Å². The minimum absolute atomic E-state index is 0. The molecule has 0 aliphatic heterocycles. The monoisotopic (exact) mass is 232 g/mol. The number of hydrogen-bond acceptors (Lipinski definition) is 4. The van der Waals surface area contributed by atoms with Gasteiger partial charge < -0.3 is 6.53 Å². The number of rotatable bonds is 2. The van der Waals surface area contributed by atoms with Crippen molar-refractivity contribution in [1.82, 2.24) is 0 Å². The Balaban J connectivity index is 0. The SMILES string of the molecule is O=S(=O)(OCl)c1ccccc1O.[H-].[Na+]. The summed E-state index contributed by atoms with van der Waals surface area (Å²) >= 11 is 4.70. The van der Waals surface area contributed by atoms with Crippen molar-refractivity contribution in [1.29, 1.82) is 0 Å². The van der Waals surface area contributed by atoms with Crippen LogP contribution < -0.4 is 29.6 Å². The summed E-state index contributed by atoms with van der Waals surface area (Å²) in [5.41, 5.74) is 0. The van der Waals surface area contributed by atoms with Crippen LogP contribution >= 0.6 is 11.9 Å². The molecule has 0 saturated carbocycles. The molecule has 1 N–H and O–H groups in total. The summed E-state index contributed by atoms with van der Waals surface area (Å²) in [4.78, 5) is -0.347. The average Bonchev–Trinajstić information content (AvgIpc) is 2.05. The largest absolute Gasteiger partial charge is 1.00 e. The first-order valence-electron chi connectivity index (χ1n) is 2.91. The fourth-order valence-electron chi connectivity index (χ4n) is 0.703.